The molecule has 0 amide bonds. The minimum atomic E-state index is -4.49. The maximum Gasteiger partial charge on any atom is 0.418 e. The number of aryl methyl sites for hydroxylation is 1. The van der Waals surface area contributed by atoms with Crippen LogP contribution in [0.2, 0.25) is 0 Å². The maximum absolute atomic E-state index is 13.9. The van der Waals surface area contributed by atoms with Crippen LogP contribution in [0.5, 0.6) is 0 Å². The molecule has 0 N–H and O–H groups in total. The number of hydrogen-bond acceptors (Lipinski definition) is 4. The molecule has 1 aliphatic heterocycles. The summed E-state index contributed by atoms with van der Waals surface area (Å²) >= 11 is 0. The molecular weight excluding hydrogens is 379 g/mol. The van der Waals surface area contributed by atoms with Crippen molar-refractivity contribution in [2.45, 2.75) is 45.3 Å². The average molecular weight is 402 g/mol. The van der Waals surface area contributed by atoms with Crippen molar-refractivity contribution < 1.29 is 19.1 Å². The lowest BCUT2D eigenvalue weighted by atomic mass is 9.99. The van der Waals surface area contributed by atoms with Crippen LogP contribution in [0.3, 0.4) is 0 Å². The third kappa shape index (κ3) is 3.99. The molecule has 0 radical (unpaired) electrons. The van der Waals surface area contributed by atoms with Crippen molar-refractivity contribution in [3.63, 3.8) is 0 Å². The molecule has 1 saturated heterocycles. The first-order chi connectivity index (χ1) is 14.2. The summed E-state index contributed by atoms with van der Waals surface area (Å²) < 4.78 is 54.6. The molecule has 4 rings (SSSR count). The van der Waals surface area contributed by atoms with Crippen LogP contribution in [0.15, 0.2) is 47.0 Å². The summed E-state index contributed by atoms with van der Waals surface area (Å²) in [6.07, 6.45) is -1.70. The summed E-state index contributed by atoms with van der Waals surface area (Å²) in [7, 11) is 0. The van der Waals surface area contributed by atoms with Crippen LogP contribution < -0.4 is 4.90 Å². The highest BCUT2D eigenvalue weighted by atomic mass is 19.4. The van der Waals surface area contributed by atoms with Crippen LogP contribution in [0.1, 0.15) is 38.7 Å². The van der Waals surface area contributed by atoms with Gasteiger partial charge < -0.3 is 9.42 Å². The van der Waals surface area contributed by atoms with Gasteiger partial charge in [-0.25, -0.2) is 0 Å². The fourth-order valence-electron chi connectivity index (χ4n) is 3.79. The molecule has 4 nitrogen and oxygen atoms in total. The van der Waals surface area contributed by atoms with E-state index in [2.05, 4.69) is 10.1 Å². The van der Waals surface area contributed by atoms with Crippen LogP contribution in [0.4, 0.5) is 18.9 Å². The third-order valence-electron chi connectivity index (χ3n) is 5.29. The first-order valence-electron chi connectivity index (χ1n) is 10.1. The van der Waals surface area contributed by atoms with Gasteiger partial charge in [0.05, 0.1) is 6.93 Å². The van der Waals surface area contributed by atoms with Crippen LogP contribution in [0, 0.1) is 6.92 Å². The van der Waals surface area contributed by atoms with E-state index >= 15 is 0 Å². The first-order valence-corrected chi connectivity index (χ1v) is 9.63. The molecule has 2 aromatic carbocycles. The van der Waals surface area contributed by atoms with Gasteiger partial charge in [-0.15, -0.1) is 0 Å². The van der Waals surface area contributed by atoms with Crippen molar-refractivity contribution in [1.82, 2.24) is 10.1 Å². The zero-order valence-electron chi connectivity index (χ0n) is 17.3. The predicted octanol–water partition coefficient (Wildman–Crippen LogP) is 6.11. The van der Waals surface area contributed by atoms with Crippen molar-refractivity contribution >= 4 is 5.69 Å². The number of alkyl halides is 3. The maximum atomic E-state index is 13.9. The van der Waals surface area contributed by atoms with E-state index in [1.54, 1.807) is 31.2 Å². The lowest BCUT2D eigenvalue weighted by Gasteiger charge is -2.37. The Kier molecular flexibility index (Phi) is 4.73. The Bertz CT molecular complexity index is 1060. The summed E-state index contributed by atoms with van der Waals surface area (Å²) in [6, 6.07) is 9.70. The van der Waals surface area contributed by atoms with E-state index in [9.17, 15) is 13.2 Å². The van der Waals surface area contributed by atoms with Gasteiger partial charge in [0.1, 0.15) is 0 Å². The zero-order chi connectivity index (χ0) is 21.5. The quantitative estimate of drug-likeness (QED) is 0.530. The fraction of sp³-hybridized carbons (Fsp3) is 0.364. The van der Waals surface area contributed by atoms with Gasteiger partial charge in [-0.1, -0.05) is 28.9 Å². The number of piperidine rings is 1. The lowest BCUT2D eigenvalue weighted by Crippen LogP contribution is -2.38. The van der Waals surface area contributed by atoms with Gasteiger partial charge in [-0.3, -0.25) is 0 Å². The zero-order valence-corrected chi connectivity index (χ0v) is 16.3. The number of nitrogens with zero attached hydrogens (tertiary/aromatic N) is 3. The van der Waals surface area contributed by atoms with E-state index in [1.165, 1.54) is 6.07 Å². The largest absolute Gasteiger partial charge is 0.418 e. The van der Waals surface area contributed by atoms with Gasteiger partial charge in [0.15, 0.2) is 0 Å². The normalized spacial score (nSPS) is 18.0. The highest BCUT2D eigenvalue weighted by Crippen LogP contribution is 2.40. The molecule has 1 aromatic heterocycles. The van der Waals surface area contributed by atoms with Crippen molar-refractivity contribution in [3.8, 4) is 22.8 Å². The highest BCUT2D eigenvalue weighted by Gasteiger charge is 2.37. The number of anilines is 1. The van der Waals surface area contributed by atoms with Crippen molar-refractivity contribution in [1.29, 1.82) is 0 Å². The Balaban J connectivity index is 1.72. The summed E-state index contributed by atoms with van der Waals surface area (Å²) in [6.45, 7) is 4.37. The third-order valence-corrected chi connectivity index (χ3v) is 5.29. The minimum Gasteiger partial charge on any atom is -0.368 e. The molecular formula is C22H22F3N3O. The van der Waals surface area contributed by atoms with Gasteiger partial charge in [0, 0.05) is 29.4 Å². The SMILES string of the molecule is [2H]c1ccc(-c2noc(-c3ccc(N4CCCCC4C)c(C(F)(F)F)c3)n2)cc1C. The summed E-state index contributed by atoms with van der Waals surface area (Å²) in [4.78, 5) is 6.12. The van der Waals surface area contributed by atoms with Crippen LogP contribution in [-0.2, 0) is 6.18 Å². The van der Waals surface area contributed by atoms with Gasteiger partial charge >= 0.3 is 6.18 Å². The number of halogens is 3. The summed E-state index contributed by atoms with van der Waals surface area (Å²) in [5.74, 6) is 0.303. The molecule has 7 heteroatoms. The van der Waals surface area contributed by atoms with Crippen LogP contribution in [-0.4, -0.2) is 22.7 Å². The van der Waals surface area contributed by atoms with Gasteiger partial charge in [-0.2, -0.15) is 18.2 Å². The van der Waals surface area contributed by atoms with E-state index in [0.717, 1.165) is 30.9 Å². The first kappa shape index (κ1) is 18.2. The number of aromatic nitrogens is 2. The molecule has 0 bridgehead atoms. The van der Waals surface area contributed by atoms with E-state index in [-0.39, 0.29) is 29.0 Å². The molecule has 1 fully saturated rings. The Morgan fingerprint density at radius 3 is 2.72 bits per heavy atom. The molecule has 1 aliphatic rings. The smallest absolute Gasteiger partial charge is 0.368 e. The minimum absolute atomic E-state index is 0.0290. The van der Waals surface area contributed by atoms with Gasteiger partial charge in [-0.05, 0) is 57.4 Å². The van der Waals surface area contributed by atoms with Crippen molar-refractivity contribution in [2.75, 3.05) is 11.4 Å². The van der Waals surface area contributed by atoms with Crippen molar-refractivity contribution in [3.05, 3.63) is 53.6 Å². The van der Waals surface area contributed by atoms with E-state index in [1.807, 2.05) is 11.8 Å². The van der Waals surface area contributed by atoms with Crippen LogP contribution in [0.25, 0.3) is 22.8 Å². The number of benzene rings is 2. The topological polar surface area (TPSA) is 42.2 Å². The Morgan fingerprint density at radius 2 is 2.00 bits per heavy atom. The molecule has 2 heterocycles. The second-order valence-corrected chi connectivity index (χ2v) is 7.45. The Morgan fingerprint density at radius 1 is 1.17 bits per heavy atom. The second-order valence-electron chi connectivity index (χ2n) is 7.45. The highest BCUT2D eigenvalue weighted by molar-refractivity contribution is 5.67. The molecule has 152 valence electrons. The molecule has 1 atom stereocenters. The fourth-order valence-corrected chi connectivity index (χ4v) is 3.79. The second kappa shape index (κ2) is 7.54. The standard InChI is InChI=1S/C22H22F3N3O/c1-14-6-5-8-16(12-14)20-26-21(29-27-20)17-9-10-19(18(13-17)22(23,24)25)28-11-4-3-7-15(28)2/h5-6,8-10,12-13,15H,3-4,7,11H2,1-2H3/i6D. The van der Waals surface area contributed by atoms with Gasteiger partial charge in [0.2, 0.25) is 5.82 Å². The molecule has 0 aliphatic carbocycles. The molecule has 0 saturated carbocycles. The molecule has 0 spiro atoms. The molecule has 3 aromatic rings. The van der Waals surface area contributed by atoms with E-state index in [4.69, 9.17) is 5.89 Å². The lowest BCUT2D eigenvalue weighted by molar-refractivity contribution is -0.137. The number of rotatable bonds is 3. The average Bonchev–Trinajstić information content (AvgIpc) is 3.20. The van der Waals surface area contributed by atoms with E-state index < -0.39 is 11.7 Å². The Labute approximate surface area is 168 Å². The summed E-state index contributed by atoms with van der Waals surface area (Å²) in [5, 5.41) is 3.91. The van der Waals surface area contributed by atoms with Crippen LogP contribution >= 0.6 is 0 Å². The number of hydrogen-bond donors (Lipinski definition) is 0. The summed E-state index contributed by atoms with van der Waals surface area (Å²) in [5.41, 5.74) is 1.12. The molecule has 1 unspecified atom stereocenters. The monoisotopic (exact) mass is 402 g/mol. The van der Waals surface area contributed by atoms with Gasteiger partial charge in [0.25, 0.3) is 5.89 Å². The predicted molar refractivity (Wildman–Crippen MR) is 106 cm³/mol. The Hall–Kier alpha value is -2.83. The van der Waals surface area contributed by atoms with Crippen molar-refractivity contribution in [2.24, 2.45) is 0 Å². The van der Waals surface area contributed by atoms with E-state index in [0.29, 0.717) is 18.2 Å². The molecule has 29 heavy (non-hydrogen) atoms.